The first kappa shape index (κ1) is 22.3. The van der Waals surface area contributed by atoms with Crippen LogP contribution in [0.4, 0.5) is 4.39 Å². The molecule has 0 radical (unpaired) electrons. The average Bonchev–Trinajstić information content (AvgIpc) is 3.40. The second-order valence-corrected chi connectivity index (χ2v) is 8.47. The van der Waals surface area contributed by atoms with Crippen LogP contribution in [0.5, 0.6) is 0 Å². The van der Waals surface area contributed by atoms with Crippen molar-refractivity contribution in [1.82, 2.24) is 9.80 Å². The summed E-state index contributed by atoms with van der Waals surface area (Å²) in [5.74, 6) is -2.54. The number of aliphatic hydroxyl groups excluding tert-OH is 1. The zero-order valence-electron chi connectivity index (χ0n) is 18.6. The fourth-order valence-corrected chi connectivity index (χ4v) is 4.65. The molecular weight excluding hydrogens is 439 g/mol. The number of nitrogens with zero attached hydrogens (tertiary/aromatic N) is 2. The highest BCUT2D eigenvalue weighted by molar-refractivity contribution is 6.16. The van der Waals surface area contributed by atoms with Crippen LogP contribution in [0.2, 0.25) is 0 Å². The van der Waals surface area contributed by atoms with Gasteiger partial charge in [-0.3, -0.25) is 14.5 Å². The molecule has 34 heavy (non-hydrogen) atoms. The third kappa shape index (κ3) is 4.10. The van der Waals surface area contributed by atoms with Gasteiger partial charge in [0.1, 0.15) is 11.4 Å². The summed E-state index contributed by atoms with van der Waals surface area (Å²) in [5.41, 5.74) is 0.506. The van der Waals surface area contributed by atoms with Crippen molar-refractivity contribution in [2.45, 2.75) is 12.5 Å². The number of rotatable bonds is 7. The van der Waals surface area contributed by atoms with Crippen molar-refractivity contribution in [2.75, 3.05) is 39.4 Å². The number of ketones is 1. The van der Waals surface area contributed by atoms with Crippen molar-refractivity contribution in [3.8, 4) is 0 Å². The van der Waals surface area contributed by atoms with Crippen molar-refractivity contribution in [3.63, 3.8) is 0 Å². The minimum atomic E-state index is -1.04. The lowest BCUT2D eigenvalue weighted by molar-refractivity contribution is -0.129. The molecular formula is C26H25FN2O5. The molecule has 5 rings (SSSR count). The van der Waals surface area contributed by atoms with E-state index in [1.807, 2.05) is 6.07 Å². The Morgan fingerprint density at radius 1 is 1.06 bits per heavy atom. The summed E-state index contributed by atoms with van der Waals surface area (Å²) in [6.45, 7) is 3.94. The molecule has 176 valence electrons. The summed E-state index contributed by atoms with van der Waals surface area (Å²) >= 11 is 0. The SMILES string of the molecule is O=C(C1=C(O)C(=O)N(CCCN2CCOCC2)[C@@H]1c1ccccc1F)c1cc2ccccc2o1. The molecule has 0 bridgehead atoms. The Morgan fingerprint density at radius 2 is 1.79 bits per heavy atom. The Kier molecular flexibility index (Phi) is 6.17. The molecule has 1 saturated heterocycles. The maximum atomic E-state index is 14.9. The molecule has 0 aliphatic carbocycles. The number of hydrogen-bond acceptors (Lipinski definition) is 6. The van der Waals surface area contributed by atoms with Crippen LogP contribution in [0, 0.1) is 5.82 Å². The van der Waals surface area contributed by atoms with E-state index < -0.39 is 29.3 Å². The Bertz CT molecular complexity index is 1230. The Morgan fingerprint density at radius 3 is 2.56 bits per heavy atom. The summed E-state index contributed by atoms with van der Waals surface area (Å²) in [6, 6.07) is 13.7. The number of ether oxygens (including phenoxy) is 1. The van der Waals surface area contributed by atoms with Gasteiger partial charge in [-0.1, -0.05) is 36.4 Å². The van der Waals surface area contributed by atoms with Crippen LogP contribution in [-0.4, -0.2) is 66.0 Å². The van der Waals surface area contributed by atoms with E-state index in [-0.39, 0.29) is 23.4 Å². The van der Waals surface area contributed by atoms with E-state index in [1.54, 1.807) is 36.4 Å². The van der Waals surface area contributed by atoms with Gasteiger partial charge in [0, 0.05) is 37.1 Å². The lowest BCUT2D eigenvalue weighted by atomic mass is 9.94. The van der Waals surface area contributed by atoms with Gasteiger partial charge in [-0.2, -0.15) is 0 Å². The largest absolute Gasteiger partial charge is 0.503 e. The van der Waals surface area contributed by atoms with Crippen LogP contribution < -0.4 is 0 Å². The first-order valence-corrected chi connectivity index (χ1v) is 11.4. The summed E-state index contributed by atoms with van der Waals surface area (Å²) in [5, 5.41) is 11.5. The lowest BCUT2D eigenvalue weighted by Gasteiger charge is -2.30. The summed E-state index contributed by atoms with van der Waals surface area (Å²) < 4.78 is 26.0. The number of furan rings is 1. The number of fused-ring (bicyclic) bond motifs is 1. The second-order valence-electron chi connectivity index (χ2n) is 8.47. The average molecular weight is 464 g/mol. The van der Waals surface area contributed by atoms with Crippen LogP contribution >= 0.6 is 0 Å². The highest BCUT2D eigenvalue weighted by atomic mass is 19.1. The number of aliphatic hydroxyl groups is 1. The standard InChI is InChI=1S/C26H25FN2O5/c27-19-8-3-2-7-18(19)23-22(24(30)21-16-17-6-1-4-9-20(17)34-21)25(31)26(32)29(23)11-5-10-28-12-14-33-15-13-28/h1-4,6-9,16,23,31H,5,10-15H2/t23-/m1/s1. The summed E-state index contributed by atoms with van der Waals surface area (Å²) in [4.78, 5) is 30.2. The van der Waals surface area contributed by atoms with Gasteiger partial charge in [-0.05, 0) is 24.6 Å². The molecule has 8 heteroatoms. The number of amides is 1. The third-order valence-electron chi connectivity index (χ3n) is 6.37. The molecule has 2 aliphatic heterocycles. The van der Waals surface area contributed by atoms with Crippen LogP contribution in [0.3, 0.4) is 0 Å². The molecule has 1 fully saturated rings. The van der Waals surface area contributed by atoms with E-state index in [1.165, 1.54) is 17.0 Å². The van der Waals surface area contributed by atoms with Gasteiger partial charge in [0.25, 0.3) is 5.91 Å². The number of Topliss-reactive ketones (excluding diaryl/α,β-unsaturated/α-hetero) is 1. The molecule has 3 heterocycles. The minimum Gasteiger partial charge on any atom is -0.503 e. The number of carbonyl (C=O) groups excluding carboxylic acids is 2. The lowest BCUT2D eigenvalue weighted by Crippen LogP contribution is -2.39. The molecule has 0 saturated carbocycles. The van der Waals surface area contributed by atoms with Gasteiger partial charge in [0.2, 0.25) is 5.78 Å². The maximum absolute atomic E-state index is 14.9. The molecule has 1 aromatic heterocycles. The minimum absolute atomic E-state index is 0.00736. The van der Waals surface area contributed by atoms with Crippen molar-refractivity contribution >= 4 is 22.7 Å². The van der Waals surface area contributed by atoms with Crippen molar-refractivity contribution < 1.29 is 28.2 Å². The van der Waals surface area contributed by atoms with Gasteiger partial charge < -0.3 is 19.2 Å². The van der Waals surface area contributed by atoms with Gasteiger partial charge >= 0.3 is 0 Å². The topological polar surface area (TPSA) is 83.2 Å². The number of benzene rings is 2. The number of morpholine rings is 1. The molecule has 2 aliphatic rings. The highest BCUT2D eigenvalue weighted by Crippen LogP contribution is 2.40. The molecule has 1 N–H and O–H groups in total. The van der Waals surface area contributed by atoms with E-state index in [0.717, 1.165) is 25.0 Å². The third-order valence-corrected chi connectivity index (χ3v) is 6.37. The van der Waals surface area contributed by atoms with Gasteiger partial charge in [0.05, 0.1) is 24.8 Å². The molecule has 2 aromatic carbocycles. The Labute approximate surface area is 196 Å². The van der Waals surface area contributed by atoms with E-state index >= 15 is 0 Å². The zero-order valence-corrected chi connectivity index (χ0v) is 18.6. The smallest absolute Gasteiger partial charge is 0.290 e. The van der Waals surface area contributed by atoms with Crippen LogP contribution in [0.25, 0.3) is 11.0 Å². The van der Waals surface area contributed by atoms with Crippen molar-refractivity contribution in [3.05, 3.63) is 83.1 Å². The van der Waals surface area contributed by atoms with E-state index in [4.69, 9.17) is 9.15 Å². The summed E-state index contributed by atoms with van der Waals surface area (Å²) in [7, 11) is 0. The molecule has 0 unspecified atom stereocenters. The van der Waals surface area contributed by atoms with Gasteiger partial charge in [-0.25, -0.2) is 4.39 Å². The Hall–Kier alpha value is -3.49. The van der Waals surface area contributed by atoms with Gasteiger partial charge in [-0.15, -0.1) is 0 Å². The number of para-hydroxylation sites is 1. The monoisotopic (exact) mass is 464 g/mol. The van der Waals surface area contributed by atoms with Crippen LogP contribution in [-0.2, 0) is 9.53 Å². The summed E-state index contributed by atoms with van der Waals surface area (Å²) in [6.07, 6.45) is 0.607. The molecule has 0 spiro atoms. The maximum Gasteiger partial charge on any atom is 0.290 e. The highest BCUT2D eigenvalue weighted by Gasteiger charge is 2.45. The normalized spacial score (nSPS) is 19.4. The Balaban J connectivity index is 1.46. The molecule has 1 atom stereocenters. The van der Waals surface area contributed by atoms with Crippen molar-refractivity contribution in [1.29, 1.82) is 0 Å². The molecule has 7 nitrogen and oxygen atoms in total. The van der Waals surface area contributed by atoms with Crippen LogP contribution in [0.1, 0.15) is 28.6 Å². The van der Waals surface area contributed by atoms with Crippen LogP contribution in [0.15, 0.2) is 70.3 Å². The van der Waals surface area contributed by atoms with Crippen molar-refractivity contribution in [2.24, 2.45) is 0 Å². The molecule has 3 aromatic rings. The van der Waals surface area contributed by atoms with E-state index in [2.05, 4.69) is 4.90 Å². The first-order valence-electron chi connectivity index (χ1n) is 11.4. The number of carbonyl (C=O) groups is 2. The predicted molar refractivity (Wildman–Crippen MR) is 123 cm³/mol. The molecule has 1 amide bonds. The van der Waals surface area contributed by atoms with Gasteiger partial charge in [0.15, 0.2) is 11.5 Å². The zero-order chi connectivity index (χ0) is 23.7. The fourth-order valence-electron chi connectivity index (χ4n) is 4.65. The fraction of sp³-hybridized carbons (Fsp3) is 0.308. The first-order chi connectivity index (χ1) is 16.5. The second kappa shape index (κ2) is 9.40. The number of hydrogen-bond donors (Lipinski definition) is 1. The number of halogens is 1. The van der Waals surface area contributed by atoms with E-state index in [9.17, 15) is 19.1 Å². The van der Waals surface area contributed by atoms with E-state index in [0.29, 0.717) is 25.2 Å². The predicted octanol–water partition coefficient (Wildman–Crippen LogP) is 3.87. The quantitative estimate of drug-likeness (QED) is 0.535.